The molecule has 0 saturated heterocycles. The summed E-state index contributed by atoms with van der Waals surface area (Å²) >= 11 is 1.30. The number of carbonyl (C=O) groups excluding carboxylic acids is 2. The lowest BCUT2D eigenvalue weighted by molar-refractivity contribution is -0.146. The van der Waals surface area contributed by atoms with Gasteiger partial charge < -0.3 is 15.2 Å². The Labute approximate surface area is 143 Å². The summed E-state index contributed by atoms with van der Waals surface area (Å²) in [6.45, 7) is 3.66. The van der Waals surface area contributed by atoms with E-state index >= 15 is 0 Å². The number of carboxylic acids is 1. The maximum atomic E-state index is 12.7. The molecule has 1 amide bonds. The third-order valence-electron chi connectivity index (χ3n) is 5.06. The molecule has 1 fully saturated rings. The molecule has 1 heterocycles. The average molecular weight is 349 g/mol. The molecular weight excluding hydrogens is 330 g/mol. The summed E-state index contributed by atoms with van der Waals surface area (Å²) in [7, 11) is 1.29. The first-order valence-electron chi connectivity index (χ1n) is 7.75. The number of thiophene rings is 1. The van der Waals surface area contributed by atoms with Crippen LogP contribution in [0.15, 0.2) is 12.2 Å². The highest BCUT2D eigenvalue weighted by Gasteiger charge is 2.51. The molecule has 24 heavy (non-hydrogen) atoms. The highest BCUT2D eigenvalue weighted by Crippen LogP contribution is 2.48. The molecule has 2 bridgehead atoms. The third kappa shape index (κ3) is 2.53. The predicted molar refractivity (Wildman–Crippen MR) is 89.1 cm³/mol. The molecule has 2 aliphatic carbocycles. The van der Waals surface area contributed by atoms with Crippen LogP contribution in [-0.4, -0.2) is 30.1 Å². The Morgan fingerprint density at radius 3 is 2.42 bits per heavy atom. The van der Waals surface area contributed by atoms with Gasteiger partial charge >= 0.3 is 11.9 Å². The fourth-order valence-corrected chi connectivity index (χ4v) is 4.83. The molecule has 0 aromatic carbocycles. The summed E-state index contributed by atoms with van der Waals surface area (Å²) in [5, 5.41) is 12.7. The lowest BCUT2D eigenvalue weighted by atomic mass is 9.82. The zero-order valence-corrected chi connectivity index (χ0v) is 14.5. The van der Waals surface area contributed by atoms with Gasteiger partial charge in [-0.05, 0) is 37.7 Å². The van der Waals surface area contributed by atoms with Gasteiger partial charge in [0.15, 0.2) is 0 Å². The lowest BCUT2D eigenvalue weighted by Gasteiger charge is -2.23. The van der Waals surface area contributed by atoms with Crippen molar-refractivity contribution in [3.05, 3.63) is 28.2 Å². The Morgan fingerprint density at radius 1 is 1.21 bits per heavy atom. The molecule has 2 aliphatic rings. The number of methoxy groups -OCH3 is 1. The van der Waals surface area contributed by atoms with Crippen LogP contribution in [0.3, 0.4) is 0 Å². The van der Waals surface area contributed by atoms with E-state index in [9.17, 15) is 19.5 Å². The van der Waals surface area contributed by atoms with Crippen LogP contribution >= 0.6 is 11.3 Å². The Kier molecular flexibility index (Phi) is 4.21. The number of allylic oxidation sites excluding steroid dienone is 2. The maximum Gasteiger partial charge on any atom is 0.341 e. The van der Waals surface area contributed by atoms with Gasteiger partial charge in [0.2, 0.25) is 5.91 Å². The second kappa shape index (κ2) is 6.05. The van der Waals surface area contributed by atoms with Gasteiger partial charge in [0.05, 0.1) is 24.5 Å². The fourth-order valence-electron chi connectivity index (χ4n) is 3.77. The summed E-state index contributed by atoms with van der Waals surface area (Å²) in [5.41, 5.74) is 1.11. The second-order valence-electron chi connectivity index (χ2n) is 6.31. The van der Waals surface area contributed by atoms with E-state index in [0.29, 0.717) is 17.0 Å². The smallest absolute Gasteiger partial charge is 0.341 e. The number of aryl methyl sites for hydroxylation is 1. The number of anilines is 1. The molecule has 7 heteroatoms. The molecule has 0 unspecified atom stereocenters. The van der Waals surface area contributed by atoms with Crippen LogP contribution in [0.1, 0.15) is 27.2 Å². The third-order valence-corrected chi connectivity index (χ3v) is 6.18. The zero-order valence-electron chi connectivity index (χ0n) is 13.7. The van der Waals surface area contributed by atoms with Gasteiger partial charge in [-0.15, -0.1) is 11.3 Å². The molecule has 0 spiro atoms. The summed E-state index contributed by atoms with van der Waals surface area (Å²) in [6.07, 6.45) is 4.52. The number of rotatable bonds is 4. The predicted octanol–water partition coefficient (Wildman–Crippen LogP) is 2.61. The quantitative estimate of drug-likeness (QED) is 0.644. The first kappa shape index (κ1) is 16.7. The van der Waals surface area contributed by atoms with E-state index in [1.165, 1.54) is 18.4 Å². The van der Waals surface area contributed by atoms with Crippen molar-refractivity contribution in [2.45, 2.75) is 20.3 Å². The van der Waals surface area contributed by atoms with Gasteiger partial charge in [-0.1, -0.05) is 12.2 Å². The second-order valence-corrected chi connectivity index (χ2v) is 7.53. The SMILES string of the molecule is COC(=O)c1c(NC(=O)[C@H]2[C@@H](C(=O)O)[C@@H]3C=C[C@H]2C3)sc(C)c1C. The number of hydrogen-bond donors (Lipinski definition) is 2. The molecule has 0 aliphatic heterocycles. The van der Waals surface area contributed by atoms with Crippen molar-refractivity contribution in [3.63, 3.8) is 0 Å². The number of fused-ring (bicyclic) bond motifs is 2. The van der Waals surface area contributed by atoms with Crippen molar-refractivity contribution in [1.82, 2.24) is 0 Å². The van der Waals surface area contributed by atoms with Crippen molar-refractivity contribution in [2.24, 2.45) is 23.7 Å². The molecule has 6 nitrogen and oxygen atoms in total. The first-order valence-corrected chi connectivity index (χ1v) is 8.57. The number of carbonyl (C=O) groups is 3. The molecule has 0 radical (unpaired) electrons. The van der Waals surface area contributed by atoms with E-state index < -0.39 is 23.8 Å². The van der Waals surface area contributed by atoms with Crippen molar-refractivity contribution < 1.29 is 24.2 Å². The van der Waals surface area contributed by atoms with Crippen LogP contribution in [-0.2, 0) is 14.3 Å². The van der Waals surface area contributed by atoms with Crippen LogP contribution in [0, 0.1) is 37.5 Å². The Balaban J connectivity index is 1.88. The number of amides is 1. The van der Waals surface area contributed by atoms with Crippen LogP contribution in [0.2, 0.25) is 0 Å². The maximum absolute atomic E-state index is 12.7. The van der Waals surface area contributed by atoms with Gasteiger partial charge in [-0.2, -0.15) is 0 Å². The largest absolute Gasteiger partial charge is 0.481 e. The topological polar surface area (TPSA) is 92.7 Å². The Bertz CT molecular complexity index is 750. The Morgan fingerprint density at radius 2 is 1.83 bits per heavy atom. The normalized spacial score (nSPS) is 27.3. The fraction of sp³-hybridized carbons (Fsp3) is 0.471. The van der Waals surface area contributed by atoms with Crippen LogP contribution in [0.5, 0.6) is 0 Å². The Hall–Kier alpha value is -2.15. The zero-order chi connectivity index (χ0) is 17.6. The highest BCUT2D eigenvalue weighted by molar-refractivity contribution is 7.16. The van der Waals surface area contributed by atoms with Gasteiger partial charge in [0.1, 0.15) is 5.00 Å². The standard InChI is InChI=1S/C17H19NO5S/c1-7-8(2)24-15(11(7)17(22)23-3)18-14(19)12-9-4-5-10(6-9)13(12)16(20)21/h4-5,9-10,12-13H,6H2,1-3H3,(H,18,19)(H,20,21)/t9-,10+,12+,13-/m0/s1. The van der Waals surface area contributed by atoms with Crippen molar-refractivity contribution in [1.29, 1.82) is 0 Å². The molecule has 1 aromatic heterocycles. The monoisotopic (exact) mass is 349 g/mol. The number of aliphatic carboxylic acids is 1. The van der Waals surface area contributed by atoms with E-state index in [-0.39, 0.29) is 17.7 Å². The number of ether oxygens (including phenoxy) is 1. The molecule has 128 valence electrons. The van der Waals surface area contributed by atoms with Crippen molar-refractivity contribution in [2.75, 3.05) is 12.4 Å². The van der Waals surface area contributed by atoms with E-state index in [1.807, 2.05) is 19.1 Å². The van der Waals surface area contributed by atoms with E-state index in [4.69, 9.17) is 4.74 Å². The van der Waals surface area contributed by atoms with Crippen LogP contribution in [0.4, 0.5) is 5.00 Å². The van der Waals surface area contributed by atoms with Gasteiger partial charge in [0.25, 0.3) is 0 Å². The van der Waals surface area contributed by atoms with Crippen molar-refractivity contribution >= 4 is 34.2 Å². The first-order chi connectivity index (χ1) is 11.3. The van der Waals surface area contributed by atoms with Gasteiger partial charge in [0, 0.05) is 4.88 Å². The molecule has 3 rings (SSSR count). The highest BCUT2D eigenvalue weighted by atomic mass is 32.1. The van der Waals surface area contributed by atoms with Crippen molar-refractivity contribution in [3.8, 4) is 0 Å². The number of carboxylic acid groups (broad SMARTS) is 1. The van der Waals surface area contributed by atoms with E-state index in [2.05, 4.69) is 5.32 Å². The van der Waals surface area contributed by atoms with Crippen LogP contribution in [0.25, 0.3) is 0 Å². The molecule has 1 aromatic rings. The molecular formula is C17H19NO5S. The van der Waals surface area contributed by atoms with Crippen LogP contribution < -0.4 is 5.32 Å². The average Bonchev–Trinajstić information content (AvgIpc) is 3.21. The molecule has 1 saturated carbocycles. The lowest BCUT2D eigenvalue weighted by Crippen LogP contribution is -2.36. The van der Waals surface area contributed by atoms with Gasteiger partial charge in [-0.3, -0.25) is 9.59 Å². The minimum absolute atomic E-state index is 0.0557. The summed E-state index contributed by atoms with van der Waals surface area (Å²) < 4.78 is 4.80. The number of nitrogens with one attached hydrogen (secondary N) is 1. The number of hydrogen-bond acceptors (Lipinski definition) is 5. The summed E-state index contributed by atoms with van der Waals surface area (Å²) in [6, 6.07) is 0. The van der Waals surface area contributed by atoms with Gasteiger partial charge in [-0.25, -0.2) is 4.79 Å². The molecule has 4 atom stereocenters. The molecule has 2 N–H and O–H groups in total. The minimum Gasteiger partial charge on any atom is -0.481 e. The van der Waals surface area contributed by atoms with E-state index in [0.717, 1.165) is 10.4 Å². The summed E-state index contributed by atoms with van der Waals surface area (Å²) in [5.74, 6) is -3.25. The summed E-state index contributed by atoms with van der Waals surface area (Å²) in [4.78, 5) is 37.2. The van der Waals surface area contributed by atoms with E-state index in [1.54, 1.807) is 6.92 Å². The number of esters is 1. The minimum atomic E-state index is -0.946.